The number of nitrogens with two attached hydrogens (primary N) is 2. The van der Waals surface area contributed by atoms with E-state index >= 15 is 0 Å². The van der Waals surface area contributed by atoms with Crippen molar-refractivity contribution in [2.45, 2.75) is 12.8 Å². The van der Waals surface area contributed by atoms with Crippen LogP contribution in [0.1, 0.15) is 12.8 Å². The van der Waals surface area contributed by atoms with E-state index in [2.05, 4.69) is 32.5 Å². The number of aromatic amines is 1. The Balaban J connectivity index is 1.71. The number of nitrogens with zero attached hydrogens (tertiary/aromatic N) is 2. The molecule has 118 valence electrons. The summed E-state index contributed by atoms with van der Waals surface area (Å²) in [7, 11) is 0. The number of nitrogen functional groups attached to an aromatic ring is 2. The number of rotatable bonds is 2. The van der Waals surface area contributed by atoms with Crippen LogP contribution in [0, 0.1) is 0 Å². The van der Waals surface area contributed by atoms with Crippen LogP contribution in [0.5, 0.6) is 0 Å². The number of H-pyrrole nitrogens is 1. The summed E-state index contributed by atoms with van der Waals surface area (Å²) in [5.74, 6) is 0.801. The SMILES string of the molecule is Nc1ccc(-c2nc3ccc(N4CCCCN4)cc3[nH]2)cc1N. The van der Waals surface area contributed by atoms with E-state index in [-0.39, 0.29) is 0 Å². The zero-order chi connectivity index (χ0) is 15.8. The van der Waals surface area contributed by atoms with E-state index < -0.39 is 0 Å². The van der Waals surface area contributed by atoms with E-state index in [1.54, 1.807) is 6.07 Å². The van der Waals surface area contributed by atoms with Gasteiger partial charge in [-0.3, -0.25) is 0 Å². The molecule has 6 N–H and O–H groups in total. The molecule has 0 bridgehead atoms. The molecule has 4 rings (SSSR count). The predicted molar refractivity (Wildman–Crippen MR) is 94.9 cm³/mol. The summed E-state index contributed by atoms with van der Waals surface area (Å²) >= 11 is 0. The highest BCUT2D eigenvalue weighted by atomic mass is 15.5. The summed E-state index contributed by atoms with van der Waals surface area (Å²) in [6.45, 7) is 2.05. The molecule has 3 aromatic rings. The quantitative estimate of drug-likeness (QED) is 0.546. The number of anilines is 3. The minimum atomic E-state index is 0.571. The van der Waals surface area contributed by atoms with E-state index in [0.29, 0.717) is 11.4 Å². The number of hydrazine groups is 1. The Hall–Kier alpha value is -2.73. The first-order valence-corrected chi connectivity index (χ1v) is 7.87. The van der Waals surface area contributed by atoms with E-state index in [4.69, 9.17) is 11.5 Å². The molecule has 0 unspecified atom stereocenters. The molecule has 1 aromatic heterocycles. The van der Waals surface area contributed by atoms with Gasteiger partial charge in [0.2, 0.25) is 0 Å². The Morgan fingerprint density at radius 2 is 1.91 bits per heavy atom. The van der Waals surface area contributed by atoms with Gasteiger partial charge < -0.3 is 21.5 Å². The van der Waals surface area contributed by atoms with Crippen LogP contribution in [0.2, 0.25) is 0 Å². The Bertz CT molecular complexity index is 847. The van der Waals surface area contributed by atoms with E-state index in [9.17, 15) is 0 Å². The zero-order valence-electron chi connectivity index (χ0n) is 12.8. The molecule has 0 amide bonds. The summed E-state index contributed by atoms with van der Waals surface area (Å²) in [5, 5.41) is 2.20. The second kappa shape index (κ2) is 5.48. The van der Waals surface area contributed by atoms with Gasteiger partial charge in [-0.15, -0.1) is 0 Å². The molecule has 1 fully saturated rings. The first-order chi connectivity index (χ1) is 11.2. The molecule has 6 heteroatoms. The van der Waals surface area contributed by atoms with Crippen LogP contribution in [-0.4, -0.2) is 23.1 Å². The van der Waals surface area contributed by atoms with Crippen LogP contribution >= 0.6 is 0 Å². The molecule has 0 atom stereocenters. The molecule has 1 saturated heterocycles. The van der Waals surface area contributed by atoms with Crippen molar-refractivity contribution in [1.82, 2.24) is 15.4 Å². The summed E-state index contributed by atoms with van der Waals surface area (Å²) in [5.41, 5.74) is 20.3. The fourth-order valence-corrected chi connectivity index (χ4v) is 2.93. The van der Waals surface area contributed by atoms with Crippen molar-refractivity contribution >= 4 is 28.1 Å². The monoisotopic (exact) mass is 308 g/mol. The Morgan fingerprint density at radius 3 is 2.70 bits per heavy atom. The normalized spacial score (nSPS) is 15.2. The first-order valence-electron chi connectivity index (χ1n) is 7.87. The maximum Gasteiger partial charge on any atom is 0.138 e. The molecule has 6 nitrogen and oxygen atoms in total. The van der Waals surface area contributed by atoms with Crippen molar-refractivity contribution in [3.05, 3.63) is 36.4 Å². The molecule has 2 aromatic carbocycles. The number of fused-ring (bicyclic) bond motifs is 1. The van der Waals surface area contributed by atoms with Crippen LogP contribution in [0.15, 0.2) is 36.4 Å². The fraction of sp³-hybridized carbons (Fsp3) is 0.235. The second-order valence-electron chi connectivity index (χ2n) is 5.90. The lowest BCUT2D eigenvalue weighted by Crippen LogP contribution is -2.43. The summed E-state index contributed by atoms with van der Waals surface area (Å²) in [6, 6.07) is 11.9. The van der Waals surface area contributed by atoms with Gasteiger partial charge in [0.15, 0.2) is 0 Å². The first kappa shape index (κ1) is 13.9. The van der Waals surface area contributed by atoms with Gasteiger partial charge in [0, 0.05) is 18.7 Å². The van der Waals surface area contributed by atoms with Gasteiger partial charge in [0.1, 0.15) is 5.82 Å². The van der Waals surface area contributed by atoms with Crippen LogP contribution < -0.4 is 21.9 Å². The van der Waals surface area contributed by atoms with Gasteiger partial charge in [-0.25, -0.2) is 10.4 Å². The Kier molecular flexibility index (Phi) is 3.31. The number of benzene rings is 2. The minimum Gasteiger partial charge on any atom is -0.397 e. The highest BCUT2D eigenvalue weighted by Crippen LogP contribution is 2.27. The third kappa shape index (κ3) is 2.57. The largest absolute Gasteiger partial charge is 0.397 e. The van der Waals surface area contributed by atoms with Gasteiger partial charge in [-0.1, -0.05) is 0 Å². The second-order valence-corrected chi connectivity index (χ2v) is 5.90. The average Bonchev–Trinajstić information content (AvgIpc) is 3.01. The number of nitrogens with one attached hydrogen (secondary N) is 2. The molecule has 2 heterocycles. The lowest BCUT2D eigenvalue weighted by Gasteiger charge is -2.29. The van der Waals surface area contributed by atoms with Crippen LogP contribution in [0.3, 0.4) is 0 Å². The molecule has 0 radical (unpaired) electrons. The number of hydrogen-bond donors (Lipinski definition) is 4. The number of imidazole rings is 1. The molecule has 23 heavy (non-hydrogen) atoms. The molecule has 1 aliphatic heterocycles. The standard InChI is InChI=1S/C17H20N6/c18-13-5-3-11(9-14(13)19)17-21-15-6-4-12(10-16(15)22-17)23-8-2-1-7-20-23/h3-6,9-10,20H,1-2,7-8,18-19H2,(H,21,22). The van der Waals surface area contributed by atoms with Crippen molar-refractivity contribution in [2.24, 2.45) is 0 Å². The van der Waals surface area contributed by atoms with Gasteiger partial charge in [0.05, 0.1) is 28.1 Å². The van der Waals surface area contributed by atoms with E-state index in [0.717, 1.165) is 41.2 Å². The van der Waals surface area contributed by atoms with Gasteiger partial charge in [-0.2, -0.15) is 0 Å². The van der Waals surface area contributed by atoms with Crippen molar-refractivity contribution in [3.8, 4) is 11.4 Å². The minimum absolute atomic E-state index is 0.571. The average molecular weight is 308 g/mol. The number of aromatic nitrogens is 2. The van der Waals surface area contributed by atoms with Crippen molar-refractivity contribution in [1.29, 1.82) is 0 Å². The van der Waals surface area contributed by atoms with E-state index in [1.165, 1.54) is 12.8 Å². The highest BCUT2D eigenvalue weighted by molar-refractivity contribution is 5.83. The van der Waals surface area contributed by atoms with Crippen LogP contribution in [0.4, 0.5) is 17.1 Å². The third-order valence-corrected chi connectivity index (χ3v) is 4.25. The van der Waals surface area contributed by atoms with Crippen molar-refractivity contribution in [2.75, 3.05) is 29.6 Å². The maximum absolute atomic E-state index is 5.89. The third-order valence-electron chi connectivity index (χ3n) is 4.25. The molecular formula is C17H20N6. The Morgan fingerprint density at radius 1 is 1.00 bits per heavy atom. The molecule has 1 aliphatic rings. The van der Waals surface area contributed by atoms with Gasteiger partial charge in [0.25, 0.3) is 0 Å². The molecule has 0 saturated carbocycles. The lowest BCUT2D eigenvalue weighted by molar-refractivity contribution is 0.512. The van der Waals surface area contributed by atoms with Crippen LogP contribution in [-0.2, 0) is 0 Å². The summed E-state index contributed by atoms with van der Waals surface area (Å²) in [6.07, 6.45) is 2.44. The maximum atomic E-state index is 5.89. The van der Waals surface area contributed by atoms with Crippen molar-refractivity contribution < 1.29 is 0 Å². The fourth-order valence-electron chi connectivity index (χ4n) is 2.93. The number of hydrogen-bond acceptors (Lipinski definition) is 5. The summed E-state index contributed by atoms with van der Waals surface area (Å²) in [4.78, 5) is 8.03. The zero-order valence-corrected chi connectivity index (χ0v) is 12.8. The molecule has 0 aliphatic carbocycles. The van der Waals surface area contributed by atoms with Gasteiger partial charge >= 0.3 is 0 Å². The van der Waals surface area contributed by atoms with Gasteiger partial charge in [-0.05, 0) is 49.2 Å². The smallest absolute Gasteiger partial charge is 0.138 e. The van der Waals surface area contributed by atoms with Crippen LogP contribution in [0.25, 0.3) is 22.4 Å². The lowest BCUT2D eigenvalue weighted by atomic mass is 10.1. The topological polar surface area (TPSA) is 96.0 Å². The van der Waals surface area contributed by atoms with Crippen molar-refractivity contribution in [3.63, 3.8) is 0 Å². The molecule has 0 spiro atoms. The molecular weight excluding hydrogens is 288 g/mol. The highest BCUT2D eigenvalue weighted by Gasteiger charge is 2.12. The summed E-state index contributed by atoms with van der Waals surface area (Å²) < 4.78 is 0. The van der Waals surface area contributed by atoms with E-state index in [1.807, 2.05) is 18.2 Å². The predicted octanol–water partition coefficient (Wildman–Crippen LogP) is 2.50. The Labute approximate surface area is 134 Å².